The van der Waals surface area contributed by atoms with Crippen LogP contribution >= 0.6 is 0 Å². The highest BCUT2D eigenvalue weighted by atomic mass is 19.4. The van der Waals surface area contributed by atoms with Gasteiger partial charge in [-0.05, 0) is 43.9 Å². The second kappa shape index (κ2) is 5.81. The third-order valence-corrected chi connectivity index (χ3v) is 4.79. The summed E-state index contributed by atoms with van der Waals surface area (Å²) in [6.07, 6.45) is 3.69. The van der Waals surface area contributed by atoms with E-state index in [9.17, 15) is 13.2 Å². The van der Waals surface area contributed by atoms with Crippen molar-refractivity contribution in [3.8, 4) is 0 Å². The van der Waals surface area contributed by atoms with Gasteiger partial charge >= 0.3 is 6.18 Å². The third-order valence-electron chi connectivity index (χ3n) is 4.79. The molecule has 0 bridgehead atoms. The fourth-order valence-electron chi connectivity index (χ4n) is 3.67. The second-order valence-corrected chi connectivity index (χ2v) is 6.00. The van der Waals surface area contributed by atoms with Gasteiger partial charge in [0.15, 0.2) is 0 Å². The summed E-state index contributed by atoms with van der Waals surface area (Å²) in [5.74, 6) is 1.20. The van der Waals surface area contributed by atoms with Gasteiger partial charge in [-0.1, -0.05) is 26.2 Å². The maximum atomic E-state index is 12.8. The van der Waals surface area contributed by atoms with E-state index in [1.807, 2.05) is 0 Å². The minimum absolute atomic E-state index is 0.0970. The first-order chi connectivity index (χ1) is 8.50. The lowest BCUT2D eigenvalue weighted by atomic mass is 9.74. The van der Waals surface area contributed by atoms with Crippen LogP contribution in [0.5, 0.6) is 0 Å². The van der Waals surface area contributed by atoms with Crippen molar-refractivity contribution in [2.24, 2.45) is 11.8 Å². The summed E-state index contributed by atoms with van der Waals surface area (Å²) in [5.41, 5.74) is 0. The molecule has 0 spiro atoms. The van der Waals surface area contributed by atoms with Crippen LogP contribution in [0.3, 0.4) is 0 Å². The van der Waals surface area contributed by atoms with Crippen molar-refractivity contribution in [2.75, 3.05) is 0 Å². The molecule has 106 valence electrons. The molecule has 0 aromatic rings. The van der Waals surface area contributed by atoms with Crippen LogP contribution in [0.15, 0.2) is 0 Å². The van der Waals surface area contributed by atoms with E-state index in [1.165, 1.54) is 19.3 Å². The first kappa shape index (κ1) is 14.2. The molecule has 0 aromatic carbocycles. The lowest BCUT2D eigenvalue weighted by Gasteiger charge is -2.40. The molecule has 1 saturated heterocycles. The molecule has 1 aliphatic heterocycles. The largest absolute Gasteiger partial charge is 0.403 e. The van der Waals surface area contributed by atoms with E-state index in [0.29, 0.717) is 5.92 Å². The molecule has 2 fully saturated rings. The zero-order chi connectivity index (χ0) is 13.2. The molecule has 1 nitrogen and oxygen atoms in total. The van der Waals surface area contributed by atoms with Crippen LogP contribution in [0.2, 0.25) is 0 Å². The van der Waals surface area contributed by atoms with Crippen LogP contribution in [0.25, 0.3) is 0 Å². The number of halogens is 3. The van der Waals surface area contributed by atoms with Gasteiger partial charge in [0.1, 0.15) is 6.04 Å². The molecule has 4 unspecified atom stereocenters. The van der Waals surface area contributed by atoms with Crippen molar-refractivity contribution < 1.29 is 13.2 Å². The van der Waals surface area contributed by atoms with Gasteiger partial charge in [-0.3, -0.25) is 0 Å². The van der Waals surface area contributed by atoms with Crippen LogP contribution < -0.4 is 5.32 Å². The SMILES string of the molecule is CCC1CCCC(C2CCCC(C(F)(F)F)N2)C1. The van der Waals surface area contributed by atoms with Crippen LogP contribution in [-0.2, 0) is 0 Å². The highest BCUT2D eigenvalue weighted by molar-refractivity contribution is 4.90. The Morgan fingerprint density at radius 3 is 2.44 bits per heavy atom. The van der Waals surface area contributed by atoms with E-state index in [-0.39, 0.29) is 12.5 Å². The summed E-state index contributed by atoms with van der Waals surface area (Å²) < 4.78 is 38.3. The van der Waals surface area contributed by atoms with Gasteiger partial charge in [0.05, 0.1) is 0 Å². The van der Waals surface area contributed by atoms with Crippen molar-refractivity contribution in [2.45, 2.75) is 76.6 Å². The van der Waals surface area contributed by atoms with Gasteiger partial charge < -0.3 is 5.32 Å². The predicted molar refractivity (Wildman–Crippen MR) is 66.4 cm³/mol. The van der Waals surface area contributed by atoms with Gasteiger partial charge in [-0.2, -0.15) is 13.2 Å². The molecule has 1 heterocycles. The summed E-state index contributed by atoms with van der Waals surface area (Å²) in [4.78, 5) is 0. The maximum absolute atomic E-state index is 12.8. The molecule has 1 aliphatic carbocycles. The number of alkyl halides is 3. The van der Waals surface area contributed by atoms with E-state index < -0.39 is 12.2 Å². The molecule has 4 atom stereocenters. The van der Waals surface area contributed by atoms with Gasteiger partial charge in [0.25, 0.3) is 0 Å². The van der Waals surface area contributed by atoms with Crippen molar-refractivity contribution in [1.29, 1.82) is 0 Å². The summed E-state index contributed by atoms with van der Waals surface area (Å²) in [5, 5.41) is 2.88. The number of hydrogen-bond acceptors (Lipinski definition) is 1. The van der Waals surface area contributed by atoms with Crippen LogP contribution in [0.1, 0.15) is 58.3 Å². The predicted octanol–water partition coefficient (Wildman–Crippen LogP) is 4.28. The summed E-state index contributed by atoms with van der Waals surface area (Å²) in [6, 6.07) is -1.17. The summed E-state index contributed by atoms with van der Waals surface area (Å²) >= 11 is 0. The van der Waals surface area contributed by atoms with E-state index >= 15 is 0 Å². The Kier molecular flexibility index (Phi) is 4.57. The molecule has 2 aliphatic rings. The zero-order valence-electron chi connectivity index (χ0n) is 11.1. The van der Waals surface area contributed by atoms with Crippen molar-refractivity contribution in [1.82, 2.24) is 5.32 Å². The highest BCUT2D eigenvalue weighted by Crippen LogP contribution is 2.37. The third kappa shape index (κ3) is 3.40. The normalized spacial score (nSPS) is 38.7. The maximum Gasteiger partial charge on any atom is 0.403 e. The number of rotatable bonds is 2. The molecule has 0 amide bonds. The molecule has 4 heteroatoms. The molecular weight excluding hydrogens is 239 g/mol. The lowest BCUT2D eigenvalue weighted by Crippen LogP contribution is -2.53. The fraction of sp³-hybridized carbons (Fsp3) is 1.00. The Bertz CT molecular complexity index is 264. The fourth-order valence-corrected chi connectivity index (χ4v) is 3.67. The minimum atomic E-state index is -4.07. The van der Waals surface area contributed by atoms with Crippen molar-refractivity contribution in [3.05, 3.63) is 0 Å². The number of nitrogens with one attached hydrogen (secondary N) is 1. The smallest absolute Gasteiger partial charge is 0.303 e. The average molecular weight is 263 g/mol. The van der Waals surface area contributed by atoms with Gasteiger partial charge in [-0.25, -0.2) is 0 Å². The Labute approximate surface area is 108 Å². The van der Waals surface area contributed by atoms with Crippen molar-refractivity contribution >= 4 is 0 Å². The molecule has 1 N–H and O–H groups in total. The van der Waals surface area contributed by atoms with Crippen LogP contribution in [0, 0.1) is 11.8 Å². The zero-order valence-corrected chi connectivity index (χ0v) is 11.1. The molecule has 0 aromatic heterocycles. The second-order valence-electron chi connectivity index (χ2n) is 6.00. The Morgan fingerprint density at radius 2 is 1.78 bits per heavy atom. The molecular formula is C14H24F3N. The lowest BCUT2D eigenvalue weighted by molar-refractivity contribution is -0.164. The Balaban J connectivity index is 1.92. The van der Waals surface area contributed by atoms with Gasteiger partial charge in [0, 0.05) is 6.04 Å². The summed E-state index contributed by atoms with van der Waals surface area (Å²) in [7, 11) is 0. The molecule has 18 heavy (non-hydrogen) atoms. The van der Waals surface area contributed by atoms with E-state index in [4.69, 9.17) is 0 Å². The van der Waals surface area contributed by atoms with Gasteiger partial charge in [-0.15, -0.1) is 0 Å². The molecule has 0 radical (unpaired) electrons. The Morgan fingerprint density at radius 1 is 1.06 bits per heavy atom. The Hall–Kier alpha value is -0.250. The molecule has 1 saturated carbocycles. The topological polar surface area (TPSA) is 12.0 Å². The first-order valence-electron chi connectivity index (χ1n) is 7.33. The number of piperidine rings is 1. The molecule has 2 rings (SSSR count). The first-order valence-corrected chi connectivity index (χ1v) is 7.33. The minimum Gasteiger partial charge on any atom is -0.303 e. The standard InChI is InChI=1S/C14H24F3N/c1-2-10-5-3-6-11(9-10)12-7-4-8-13(18-12)14(15,16)17/h10-13,18H,2-9H2,1H3. The quantitative estimate of drug-likeness (QED) is 0.784. The van der Waals surface area contributed by atoms with Crippen molar-refractivity contribution in [3.63, 3.8) is 0 Å². The van der Waals surface area contributed by atoms with Crippen LogP contribution in [-0.4, -0.2) is 18.3 Å². The van der Waals surface area contributed by atoms with Gasteiger partial charge in [0.2, 0.25) is 0 Å². The van der Waals surface area contributed by atoms with E-state index in [1.54, 1.807) is 0 Å². The van der Waals surface area contributed by atoms with E-state index in [2.05, 4.69) is 12.2 Å². The summed E-state index contributed by atoms with van der Waals surface area (Å²) in [6.45, 7) is 2.19. The average Bonchev–Trinajstić information content (AvgIpc) is 2.38. The van der Waals surface area contributed by atoms with Crippen LogP contribution in [0.4, 0.5) is 13.2 Å². The van der Waals surface area contributed by atoms with E-state index in [0.717, 1.165) is 31.6 Å². The highest BCUT2D eigenvalue weighted by Gasteiger charge is 2.43. The number of hydrogen-bond donors (Lipinski definition) is 1. The monoisotopic (exact) mass is 263 g/mol.